The van der Waals surface area contributed by atoms with Gasteiger partial charge in [-0.1, -0.05) is 29.4 Å². The van der Waals surface area contributed by atoms with Crippen LogP contribution in [-0.4, -0.2) is 13.6 Å². The maximum atomic E-state index is 12.2. The van der Waals surface area contributed by atoms with Crippen LogP contribution in [0.3, 0.4) is 0 Å². The monoisotopic (exact) mass is 428 g/mol. The molecule has 0 spiro atoms. The van der Waals surface area contributed by atoms with E-state index >= 15 is 0 Å². The highest BCUT2D eigenvalue weighted by Crippen LogP contribution is 2.19. The molecule has 0 aliphatic heterocycles. The van der Waals surface area contributed by atoms with Crippen LogP contribution in [0.25, 0.3) is 11.0 Å². The molecule has 0 saturated heterocycles. The van der Waals surface area contributed by atoms with Gasteiger partial charge in [0.2, 0.25) is 10.0 Å². The first kappa shape index (κ1) is 15.4. The summed E-state index contributed by atoms with van der Waals surface area (Å²) in [6.07, 6.45) is 0. The summed E-state index contributed by atoms with van der Waals surface area (Å²) in [6, 6.07) is 14.9. The highest BCUT2D eigenvalue weighted by molar-refractivity contribution is 14.1. The van der Waals surface area contributed by atoms with Crippen molar-refractivity contribution in [2.75, 3.05) is 0 Å². The Balaban J connectivity index is 1.72. The average molecular weight is 428 g/mol. The molecule has 22 heavy (non-hydrogen) atoms. The number of hydrogen-bond donors (Lipinski definition) is 1. The average Bonchev–Trinajstić information content (AvgIpc) is 2.90. The topological polar surface area (TPSA) is 72.2 Å². The van der Waals surface area contributed by atoms with E-state index in [4.69, 9.17) is 4.52 Å². The maximum absolute atomic E-state index is 12.2. The van der Waals surface area contributed by atoms with Gasteiger partial charge in [0.05, 0.1) is 0 Å². The fraction of sp³-hybridized carbons (Fsp3) is 0.133. The fourth-order valence-electron chi connectivity index (χ4n) is 2.07. The molecule has 0 aliphatic carbocycles. The largest absolute Gasteiger partial charge is 0.356 e. The van der Waals surface area contributed by atoms with Gasteiger partial charge in [-0.2, -0.15) is 0 Å². The quantitative estimate of drug-likeness (QED) is 0.635. The molecule has 5 nitrogen and oxygen atoms in total. The third-order valence-electron chi connectivity index (χ3n) is 3.19. The highest BCUT2D eigenvalue weighted by atomic mass is 127. The van der Waals surface area contributed by atoms with Crippen LogP contribution in [0.4, 0.5) is 0 Å². The second kappa shape index (κ2) is 6.35. The van der Waals surface area contributed by atoms with Crippen molar-refractivity contribution in [2.45, 2.75) is 12.3 Å². The molecule has 1 heterocycles. The Bertz CT molecular complexity index is 889. The summed E-state index contributed by atoms with van der Waals surface area (Å²) in [6.45, 7) is 0.259. The molecule has 0 bridgehead atoms. The van der Waals surface area contributed by atoms with Gasteiger partial charge in [-0.25, -0.2) is 13.1 Å². The first-order valence-corrected chi connectivity index (χ1v) is 9.32. The zero-order chi connectivity index (χ0) is 15.6. The molecule has 0 unspecified atom stereocenters. The molecule has 0 saturated carbocycles. The van der Waals surface area contributed by atoms with Crippen molar-refractivity contribution in [3.63, 3.8) is 0 Å². The number of benzene rings is 2. The minimum Gasteiger partial charge on any atom is -0.356 e. The Morgan fingerprint density at radius 3 is 2.59 bits per heavy atom. The lowest BCUT2D eigenvalue weighted by molar-refractivity contribution is 0.448. The minimum atomic E-state index is -3.48. The van der Waals surface area contributed by atoms with Gasteiger partial charge in [-0.3, -0.25) is 0 Å². The van der Waals surface area contributed by atoms with Gasteiger partial charge >= 0.3 is 0 Å². The van der Waals surface area contributed by atoms with Crippen LogP contribution in [0.5, 0.6) is 0 Å². The summed E-state index contributed by atoms with van der Waals surface area (Å²) in [7, 11) is -3.48. The van der Waals surface area contributed by atoms with Crippen molar-refractivity contribution in [2.24, 2.45) is 0 Å². The summed E-state index contributed by atoms with van der Waals surface area (Å²) >= 11 is 2.21. The van der Waals surface area contributed by atoms with Crippen molar-refractivity contribution >= 4 is 43.6 Å². The van der Waals surface area contributed by atoms with E-state index in [1.807, 2.05) is 36.4 Å². The molecule has 2 aromatic carbocycles. The number of fused-ring (bicyclic) bond motifs is 1. The molecule has 0 radical (unpaired) electrons. The minimum absolute atomic E-state index is 0.200. The van der Waals surface area contributed by atoms with Crippen LogP contribution in [-0.2, 0) is 22.3 Å². The van der Waals surface area contributed by atoms with Crippen LogP contribution >= 0.6 is 22.6 Å². The SMILES string of the molecule is O=S(=O)(Cc1noc2ccccc12)NCc1ccc(I)cc1. The first-order chi connectivity index (χ1) is 10.5. The van der Waals surface area contributed by atoms with E-state index in [1.54, 1.807) is 12.1 Å². The highest BCUT2D eigenvalue weighted by Gasteiger charge is 2.17. The molecule has 3 rings (SSSR count). The number of sulfonamides is 1. The maximum Gasteiger partial charge on any atom is 0.217 e. The second-order valence-electron chi connectivity index (χ2n) is 4.83. The number of para-hydroxylation sites is 1. The van der Waals surface area contributed by atoms with E-state index in [2.05, 4.69) is 32.5 Å². The van der Waals surface area contributed by atoms with Crippen LogP contribution in [0, 0.1) is 3.57 Å². The lowest BCUT2D eigenvalue weighted by atomic mass is 10.2. The number of nitrogens with one attached hydrogen (secondary N) is 1. The van der Waals surface area contributed by atoms with Crippen LogP contribution in [0.1, 0.15) is 11.3 Å². The molecule has 0 aliphatic rings. The molecule has 1 aromatic heterocycles. The Labute approximate surface area is 141 Å². The number of hydrogen-bond acceptors (Lipinski definition) is 4. The normalized spacial score (nSPS) is 11.9. The van der Waals surface area contributed by atoms with Gasteiger partial charge in [0.25, 0.3) is 0 Å². The lowest BCUT2D eigenvalue weighted by Crippen LogP contribution is -2.24. The molecular weight excluding hydrogens is 415 g/mol. The van der Waals surface area contributed by atoms with Gasteiger partial charge in [0, 0.05) is 15.5 Å². The zero-order valence-electron chi connectivity index (χ0n) is 11.5. The Kier molecular flexibility index (Phi) is 4.46. The fourth-order valence-corrected chi connectivity index (χ4v) is 3.49. The van der Waals surface area contributed by atoms with Crippen LogP contribution < -0.4 is 4.72 Å². The standard InChI is InChI=1S/C15H13IN2O3S/c16-12-7-5-11(6-8-12)9-17-22(19,20)10-14-13-3-1-2-4-15(13)21-18-14/h1-8,17H,9-10H2. The van der Waals surface area contributed by atoms with Gasteiger partial charge in [-0.05, 0) is 52.4 Å². The van der Waals surface area contributed by atoms with E-state index < -0.39 is 10.0 Å². The summed E-state index contributed by atoms with van der Waals surface area (Å²) in [5.41, 5.74) is 1.92. The molecule has 0 atom stereocenters. The van der Waals surface area contributed by atoms with Gasteiger partial charge in [-0.15, -0.1) is 0 Å². The summed E-state index contributed by atoms with van der Waals surface area (Å²) in [4.78, 5) is 0. The number of halogens is 1. The lowest BCUT2D eigenvalue weighted by Gasteiger charge is -2.05. The molecule has 3 aromatic rings. The Hall–Kier alpha value is -1.45. The van der Waals surface area contributed by atoms with E-state index in [0.29, 0.717) is 11.3 Å². The number of nitrogens with zero attached hydrogens (tertiary/aromatic N) is 1. The second-order valence-corrected chi connectivity index (χ2v) is 7.88. The molecule has 7 heteroatoms. The van der Waals surface area contributed by atoms with Crippen molar-refractivity contribution in [3.8, 4) is 0 Å². The summed E-state index contributed by atoms with van der Waals surface area (Å²) in [5.74, 6) is -0.200. The summed E-state index contributed by atoms with van der Waals surface area (Å²) < 4.78 is 33.2. The van der Waals surface area contributed by atoms with Gasteiger partial charge in [0.1, 0.15) is 11.4 Å². The molecule has 114 valence electrons. The van der Waals surface area contributed by atoms with E-state index in [1.165, 1.54) is 0 Å². The summed E-state index contributed by atoms with van der Waals surface area (Å²) in [5, 5.41) is 4.58. The van der Waals surface area contributed by atoms with Crippen LogP contribution in [0.2, 0.25) is 0 Å². The van der Waals surface area contributed by atoms with Gasteiger partial charge in [0.15, 0.2) is 5.58 Å². The smallest absolute Gasteiger partial charge is 0.217 e. The van der Waals surface area contributed by atoms with Crippen molar-refractivity contribution < 1.29 is 12.9 Å². The van der Waals surface area contributed by atoms with E-state index in [-0.39, 0.29) is 12.3 Å². The number of aromatic nitrogens is 1. The molecule has 0 amide bonds. The van der Waals surface area contributed by atoms with Gasteiger partial charge < -0.3 is 4.52 Å². The first-order valence-electron chi connectivity index (χ1n) is 6.58. The predicted molar refractivity (Wildman–Crippen MR) is 92.6 cm³/mol. The number of rotatable bonds is 5. The van der Waals surface area contributed by atoms with E-state index in [0.717, 1.165) is 14.5 Å². The van der Waals surface area contributed by atoms with Crippen molar-refractivity contribution in [1.29, 1.82) is 0 Å². The van der Waals surface area contributed by atoms with E-state index in [9.17, 15) is 8.42 Å². The zero-order valence-corrected chi connectivity index (χ0v) is 14.5. The van der Waals surface area contributed by atoms with Crippen LogP contribution in [0.15, 0.2) is 53.1 Å². The third kappa shape index (κ3) is 3.65. The van der Waals surface area contributed by atoms with Crippen molar-refractivity contribution in [3.05, 3.63) is 63.4 Å². The molecular formula is C15H13IN2O3S. The molecule has 1 N–H and O–H groups in total. The Morgan fingerprint density at radius 2 is 1.82 bits per heavy atom. The predicted octanol–water partition coefficient (Wildman–Crippen LogP) is 3.05. The van der Waals surface area contributed by atoms with Crippen molar-refractivity contribution in [1.82, 2.24) is 9.88 Å². The molecule has 0 fully saturated rings. The third-order valence-corrected chi connectivity index (χ3v) is 5.15. The Morgan fingerprint density at radius 1 is 1.09 bits per heavy atom.